The highest BCUT2D eigenvalue weighted by Gasteiger charge is 2.42. The molecule has 3 rings (SSSR count). The first-order valence-corrected chi connectivity index (χ1v) is 12.2. The number of hydrogen-bond acceptors (Lipinski definition) is 3. The van der Waals surface area contributed by atoms with Gasteiger partial charge < -0.3 is 15.0 Å². The van der Waals surface area contributed by atoms with Crippen molar-refractivity contribution >= 4 is 12.0 Å². The Balaban J connectivity index is 1.67. The van der Waals surface area contributed by atoms with Crippen LogP contribution in [0, 0.1) is 11.2 Å². The molecule has 0 saturated carbocycles. The second-order valence-electron chi connectivity index (χ2n) is 10.2. The van der Waals surface area contributed by atoms with Gasteiger partial charge in [-0.05, 0) is 81.7 Å². The zero-order chi connectivity index (χ0) is 24.8. The lowest BCUT2D eigenvalue weighted by atomic mass is 9.73. The number of ether oxygens (including phenoxy) is 1. The van der Waals surface area contributed by atoms with E-state index in [4.69, 9.17) is 4.74 Å². The minimum absolute atomic E-state index is 0.00848. The van der Waals surface area contributed by atoms with Gasteiger partial charge in [-0.2, -0.15) is 0 Å². The molecule has 34 heavy (non-hydrogen) atoms. The smallest absolute Gasteiger partial charge is 0.410 e. The molecule has 0 aliphatic carbocycles. The van der Waals surface area contributed by atoms with Crippen LogP contribution in [-0.2, 0) is 28.8 Å². The van der Waals surface area contributed by atoms with Gasteiger partial charge in [0.05, 0.1) is 5.41 Å². The van der Waals surface area contributed by atoms with Crippen molar-refractivity contribution < 1.29 is 18.7 Å². The lowest BCUT2D eigenvalue weighted by Gasteiger charge is -2.41. The van der Waals surface area contributed by atoms with Crippen LogP contribution in [0.2, 0.25) is 0 Å². The molecule has 0 atom stereocenters. The number of amides is 2. The molecule has 1 saturated heterocycles. The summed E-state index contributed by atoms with van der Waals surface area (Å²) in [6, 6.07) is 14.8. The number of piperidine rings is 1. The van der Waals surface area contributed by atoms with Gasteiger partial charge in [-0.25, -0.2) is 9.18 Å². The minimum Gasteiger partial charge on any atom is -0.444 e. The number of rotatable bonds is 7. The number of aryl methyl sites for hydroxylation is 1. The van der Waals surface area contributed by atoms with Crippen LogP contribution in [0.5, 0.6) is 0 Å². The van der Waals surface area contributed by atoms with E-state index in [-0.39, 0.29) is 17.8 Å². The molecule has 0 spiro atoms. The molecule has 1 aliphatic rings. The van der Waals surface area contributed by atoms with Gasteiger partial charge in [-0.1, -0.05) is 43.3 Å². The highest BCUT2D eigenvalue weighted by Crippen LogP contribution is 2.36. The first-order valence-electron chi connectivity index (χ1n) is 12.2. The molecule has 1 aliphatic heterocycles. The highest BCUT2D eigenvalue weighted by atomic mass is 19.1. The van der Waals surface area contributed by atoms with Crippen LogP contribution >= 0.6 is 0 Å². The standard InChI is InChI=1S/C28H37FN2O3/c1-5-21-6-8-22(9-7-21)14-17-30-25(32)28(20-23-10-12-24(29)13-11-23)15-18-31(19-16-28)26(33)34-27(2,3)4/h6-13H,5,14-20H2,1-4H3,(H,30,32). The van der Waals surface area contributed by atoms with Crippen molar-refractivity contribution in [2.75, 3.05) is 19.6 Å². The Labute approximate surface area is 202 Å². The molecule has 6 heteroatoms. The maximum absolute atomic E-state index is 13.5. The van der Waals surface area contributed by atoms with Gasteiger partial charge in [-0.15, -0.1) is 0 Å². The van der Waals surface area contributed by atoms with Gasteiger partial charge in [0.2, 0.25) is 5.91 Å². The molecular weight excluding hydrogens is 431 g/mol. The number of halogens is 1. The molecule has 2 aromatic carbocycles. The van der Waals surface area contributed by atoms with Crippen molar-refractivity contribution in [1.29, 1.82) is 0 Å². The summed E-state index contributed by atoms with van der Waals surface area (Å²) >= 11 is 0. The fourth-order valence-electron chi connectivity index (χ4n) is 4.37. The molecule has 1 N–H and O–H groups in total. The van der Waals surface area contributed by atoms with Crippen LogP contribution in [0.4, 0.5) is 9.18 Å². The van der Waals surface area contributed by atoms with E-state index in [9.17, 15) is 14.0 Å². The van der Waals surface area contributed by atoms with Crippen LogP contribution in [0.1, 0.15) is 57.2 Å². The average molecular weight is 469 g/mol. The molecule has 1 heterocycles. The highest BCUT2D eigenvalue weighted by molar-refractivity contribution is 5.83. The maximum atomic E-state index is 13.5. The van der Waals surface area contributed by atoms with E-state index in [0.29, 0.717) is 38.9 Å². The van der Waals surface area contributed by atoms with Gasteiger partial charge in [0.15, 0.2) is 0 Å². The van der Waals surface area contributed by atoms with Gasteiger partial charge in [-0.3, -0.25) is 4.79 Å². The number of hydrogen-bond donors (Lipinski definition) is 1. The van der Waals surface area contributed by atoms with E-state index in [2.05, 4.69) is 36.5 Å². The number of likely N-dealkylation sites (tertiary alicyclic amines) is 1. The van der Waals surface area contributed by atoms with Crippen LogP contribution in [-0.4, -0.2) is 42.1 Å². The number of nitrogens with zero attached hydrogens (tertiary/aromatic N) is 1. The Morgan fingerprint density at radius 3 is 2.09 bits per heavy atom. The van der Waals surface area contributed by atoms with Crippen LogP contribution in [0.25, 0.3) is 0 Å². The number of nitrogens with one attached hydrogen (secondary N) is 1. The number of carbonyl (C=O) groups excluding carboxylic acids is 2. The number of benzene rings is 2. The third kappa shape index (κ3) is 7.05. The molecule has 0 aromatic heterocycles. The van der Waals surface area contributed by atoms with E-state index < -0.39 is 11.0 Å². The van der Waals surface area contributed by atoms with Crippen molar-refractivity contribution in [1.82, 2.24) is 10.2 Å². The Kier molecular flexibility index (Phi) is 8.34. The average Bonchev–Trinajstić information content (AvgIpc) is 2.80. The summed E-state index contributed by atoms with van der Waals surface area (Å²) in [6.07, 6.45) is 2.97. The molecule has 0 bridgehead atoms. The summed E-state index contributed by atoms with van der Waals surface area (Å²) in [5, 5.41) is 3.14. The maximum Gasteiger partial charge on any atom is 0.410 e. The van der Waals surface area contributed by atoms with E-state index in [1.165, 1.54) is 23.3 Å². The van der Waals surface area contributed by atoms with E-state index in [1.54, 1.807) is 17.0 Å². The summed E-state index contributed by atoms with van der Waals surface area (Å²) in [7, 11) is 0. The first-order chi connectivity index (χ1) is 16.1. The fraction of sp³-hybridized carbons (Fsp3) is 0.500. The van der Waals surface area contributed by atoms with Crippen LogP contribution in [0.3, 0.4) is 0 Å². The van der Waals surface area contributed by atoms with Crippen molar-refractivity contribution in [3.8, 4) is 0 Å². The minimum atomic E-state index is -0.650. The topological polar surface area (TPSA) is 58.6 Å². The molecule has 1 fully saturated rings. The van der Waals surface area contributed by atoms with Crippen molar-refractivity contribution in [2.45, 2.75) is 65.4 Å². The van der Waals surface area contributed by atoms with E-state index in [1.807, 2.05) is 20.8 Å². The summed E-state index contributed by atoms with van der Waals surface area (Å²) in [4.78, 5) is 27.7. The Bertz CT molecular complexity index is 957. The summed E-state index contributed by atoms with van der Waals surface area (Å²) in [5.41, 5.74) is 2.18. The van der Waals surface area contributed by atoms with Gasteiger partial charge in [0.25, 0.3) is 0 Å². The third-order valence-corrected chi connectivity index (χ3v) is 6.44. The molecular formula is C28H37FN2O3. The second kappa shape index (κ2) is 11.0. The lowest BCUT2D eigenvalue weighted by molar-refractivity contribution is -0.134. The van der Waals surface area contributed by atoms with Crippen molar-refractivity contribution in [3.63, 3.8) is 0 Å². The van der Waals surface area contributed by atoms with E-state index >= 15 is 0 Å². The van der Waals surface area contributed by atoms with E-state index in [0.717, 1.165) is 18.4 Å². The Hall–Kier alpha value is -2.89. The molecule has 2 amide bonds. The Morgan fingerprint density at radius 2 is 1.53 bits per heavy atom. The lowest BCUT2D eigenvalue weighted by Crippen LogP contribution is -2.52. The van der Waals surface area contributed by atoms with Crippen LogP contribution < -0.4 is 5.32 Å². The zero-order valence-electron chi connectivity index (χ0n) is 20.8. The normalized spacial score (nSPS) is 15.6. The molecule has 184 valence electrons. The summed E-state index contributed by atoms with van der Waals surface area (Å²) in [5.74, 6) is -0.304. The quantitative estimate of drug-likeness (QED) is 0.599. The molecule has 5 nitrogen and oxygen atoms in total. The first kappa shape index (κ1) is 25.7. The fourth-order valence-corrected chi connectivity index (χ4v) is 4.37. The van der Waals surface area contributed by atoms with Crippen molar-refractivity contribution in [3.05, 3.63) is 71.0 Å². The predicted molar refractivity (Wildman–Crippen MR) is 132 cm³/mol. The third-order valence-electron chi connectivity index (χ3n) is 6.44. The second-order valence-corrected chi connectivity index (χ2v) is 10.2. The SMILES string of the molecule is CCc1ccc(CCNC(=O)C2(Cc3ccc(F)cc3)CCN(C(=O)OC(C)(C)C)CC2)cc1. The summed E-state index contributed by atoms with van der Waals surface area (Å²) < 4.78 is 18.9. The molecule has 2 aromatic rings. The molecule has 0 radical (unpaired) electrons. The van der Waals surface area contributed by atoms with Gasteiger partial charge in [0, 0.05) is 19.6 Å². The monoisotopic (exact) mass is 468 g/mol. The van der Waals surface area contributed by atoms with Crippen molar-refractivity contribution in [2.24, 2.45) is 5.41 Å². The summed E-state index contributed by atoms with van der Waals surface area (Å²) in [6.45, 7) is 9.10. The van der Waals surface area contributed by atoms with Gasteiger partial charge >= 0.3 is 6.09 Å². The van der Waals surface area contributed by atoms with Crippen LogP contribution in [0.15, 0.2) is 48.5 Å². The molecule has 0 unspecified atom stereocenters. The van der Waals surface area contributed by atoms with Gasteiger partial charge in [0.1, 0.15) is 11.4 Å². The number of carbonyl (C=O) groups is 2. The predicted octanol–water partition coefficient (Wildman–Crippen LogP) is 5.31. The Morgan fingerprint density at radius 1 is 0.971 bits per heavy atom. The zero-order valence-corrected chi connectivity index (χ0v) is 20.8. The largest absolute Gasteiger partial charge is 0.444 e.